The van der Waals surface area contributed by atoms with Crippen molar-refractivity contribution in [2.24, 2.45) is 7.05 Å². The molecule has 2 heterocycles. The molecule has 0 spiro atoms. The molecule has 0 amide bonds. The van der Waals surface area contributed by atoms with E-state index in [0.717, 1.165) is 5.69 Å². The molecule has 0 atom stereocenters. The first-order valence-corrected chi connectivity index (χ1v) is 6.03. The third-order valence-electron chi connectivity index (χ3n) is 2.62. The van der Waals surface area contributed by atoms with Crippen molar-refractivity contribution in [2.75, 3.05) is 17.2 Å². The summed E-state index contributed by atoms with van der Waals surface area (Å²) in [4.78, 5) is 18.6. The molecule has 9 heteroatoms. The molecule has 0 fully saturated rings. The van der Waals surface area contributed by atoms with Gasteiger partial charge in [-0.3, -0.25) is 14.8 Å². The minimum atomic E-state index is -0.508. The second-order valence-corrected chi connectivity index (χ2v) is 4.13. The second-order valence-electron chi connectivity index (χ2n) is 4.13. The first-order valence-electron chi connectivity index (χ1n) is 6.03. The van der Waals surface area contributed by atoms with Gasteiger partial charge in [0.2, 0.25) is 11.6 Å². The van der Waals surface area contributed by atoms with Crippen molar-refractivity contribution in [2.45, 2.75) is 13.8 Å². The highest BCUT2D eigenvalue weighted by Gasteiger charge is 2.23. The molecule has 0 aromatic carbocycles. The summed E-state index contributed by atoms with van der Waals surface area (Å²) >= 11 is 0. The van der Waals surface area contributed by atoms with Gasteiger partial charge in [0.1, 0.15) is 6.33 Å². The van der Waals surface area contributed by atoms with Gasteiger partial charge in [0.05, 0.1) is 16.3 Å². The van der Waals surface area contributed by atoms with Gasteiger partial charge in [-0.1, -0.05) is 0 Å². The van der Waals surface area contributed by atoms with Crippen LogP contribution in [0.1, 0.15) is 12.6 Å². The standard InChI is InChI=1S/C11H15N7O2/c1-4-12-10-9(18(19)20)11(14-6-13-10)15-8-5-17(3)16-7(8)2/h5-6H,4H2,1-3H3,(H2,12,13,14,15). The van der Waals surface area contributed by atoms with E-state index in [1.807, 2.05) is 6.92 Å². The molecule has 0 aliphatic carbocycles. The summed E-state index contributed by atoms with van der Waals surface area (Å²) in [5.41, 5.74) is 1.21. The largest absolute Gasteiger partial charge is 0.364 e. The summed E-state index contributed by atoms with van der Waals surface area (Å²) in [6.45, 7) is 4.17. The Morgan fingerprint density at radius 2 is 2.10 bits per heavy atom. The smallest absolute Gasteiger partial charge is 0.353 e. The van der Waals surface area contributed by atoms with E-state index in [-0.39, 0.29) is 17.3 Å². The molecule has 0 saturated heterocycles. The van der Waals surface area contributed by atoms with Crippen LogP contribution in [0, 0.1) is 17.0 Å². The van der Waals surface area contributed by atoms with Crippen LogP contribution in [0.5, 0.6) is 0 Å². The average molecular weight is 277 g/mol. The topological polar surface area (TPSA) is 111 Å². The van der Waals surface area contributed by atoms with Gasteiger partial charge in [0.15, 0.2) is 0 Å². The molecule has 20 heavy (non-hydrogen) atoms. The van der Waals surface area contributed by atoms with Crippen LogP contribution in [-0.4, -0.2) is 31.2 Å². The van der Waals surface area contributed by atoms with Gasteiger partial charge in [-0.25, -0.2) is 9.97 Å². The number of hydrogen-bond acceptors (Lipinski definition) is 7. The Morgan fingerprint density at radius 3 is 2.65 bits per heavy atom. The lowest BCUT2D eigenvalue weighted by Crippen LogP contribution is -2.07. The molecule has 2 aromatic heterocycles. The number of hydrogen-bond donors (Lipinski definition) is 2. The van der Waals surface area contributed by atoms with Gasteiger partial charge in [-0.15, -0.1) is 0 Å². The Labute approximate surface area is 115 Å². The molecule has 106 valence electrons. The molecule has 2 aromatic rings. The van der Waals surface area contributed by atoms with Crippen LogP contribution in [0.25, 0.3) is 0 Å². The number of aromatic nitrogens is 4. The maximum atomic E-state index is 11.2. The van der Waals surface area contributed by atoms with E-state index in [1.165, 1.54) is 6.33 Å². The summed E-state index contributed by atoms with van der Waals surface area (Å²) in [7, 11) is 1.77. The molecule has 2 rings (SSSR count). The molecule has 9 nitrogen and oxygen atoms in total. The predicted octanol–water partition coefficient (Wildman–Crippen LogP) is 1.60. The van der Waals surface area contributed by atoms with E-state index in [1.54, 1.807) is 24.9 Å². The van der Waals surface area contributed by atoms with Gasteiger partial charge in [0, 0.05) is 19.8 Å². The molecule has 0 saturated carbocycles. The fourth-order valence-electron chi connectivity index (χ4n) is 1.79. The van der Waals surface area contributed by atoms with E-state index >= 15 is 0 Å². The van der Waals surface area contributed by atoms with Gasteiger partial charge in [-0.2, -0.15) is 5.10 Å². The van der Waals surface area contributed by atoms with Gasteiger partial charge in [0.25, 0.3) is 0 Å². The van der Waals surface area contributed by atoms with Crippen LogP contribution >= 0.6 is 0 Å². The fraction of sp³-hybridized carbons (Fsp3) is 0.364. The molecular formula is C11H15N7O2. The normalized spacial score (nSPS) is 10.3. The lowest BCUT2D eigenvalue weighted by atomic mass is 10.3. The van der Waals surface area contributed by atoms with Crippen LogP contribution < -0.4 is 10.6 Å². The van der Waals surface area contributed by atoms with Crippen molar-refractivity contribution in [3.63, 3.8) is 0 Å². The SMILES string of the molecule is CCNc1ncnc(Nc2cn(C)nc2C)c1[N+](=O)[O-]. The van der Waals surface area contributed by atoms with Crippen molar-refractivity contribution in [3.8, 4) is 0 Å². The minimum Gasteiger partial charge on any atom is -0.364 e. The van der Waals surface area contributed by atoms with E-state index in [0.29, 0.717) is 12.2 Å². The third-order valence-corrected chi connectivity index (χ3v) is 2.62. The zero-order valence-corrected chi connectivity index (χ0v) is 11.4. The highest BCUT2D eigenvalue weighted by Crippen LogP contribution is 2.31. The zero-order valence-electron chi connectivity index (χ0n) is 11.4. The Bertz CT molecular complexity index is 638. The molecular weight excluding hydrogens is 262 g/mol. The maximum absolute atomic E-state index is 11.2. The summed E-state index contributed by atoms with van der Waals surface area (Å²) in [5, 5.41) is 21.2. The fourth-order valence-corrected chi connectivity index (χ4v) is 1.79. The lowest BCUT2D eigenvalue weighted by molar-refractivity contribution is -0.383. The Morgan fingerprint density at radius 1 is 1.40 bits per heavy atom. The van der Waals surface area contributed by atoms with Gasteiger partial charge >= 0.3 is 5.69 Å². The van der Waals surface area contributed by atoms with Crippen molar-refractivity contribution in [1.82, 2.24) is 19.7 Å². The highest BCUT2D eigenvalue weighted by atomic mass is 16.6. The van der Waals surface area contributed by atoms with Crippen LogP contribution in [0.15, 0.2) is 12.5 Å². The van der Waals surface area contributed by atoms with Crippen molar-refractivity contribution in [1.29, 1.82) is 0 Å². The summed E-state index contributed by atoms with van der Waals surface area (Å²) in [6.07, 6.45) is 3.01. The minimum absolute atomic E-state index is 0.136. The monoisotopic (exact) mass is 277 g/mol. The van der Waals surface area contributed by atoms with E-state index < -0.39 is 4.92 Å². The van der Waals surface area contributed by atoms with Crippen LogP contribution in [-0.2, 0) is 7.05 Å². The Hall–Kier alpha value is -2.71. The van der Waals surface area contributed by atoms with E-state index in [4.69, 9.17) is 0 Å². The Kier molecular flexibility index (Phi) is 3.78. The molecule has 0 aliphatic heterocycles. The van der Waals surface area contributed by atoms with Crippen molar-refractivity contribution in [3.05, 3.63) is 28.3 Å². The van der Waals surface area contributed by atoms with Crippen LogP contribution in [0.3, 0.4) is 0 Å². The third kappa shape index (κ3) is 2.66. The quantitative estimate of drug-likeness (QED) is 0.630. The number of nitrogens with zero attached hydrogens (tertiary/aromatic N) is 5. The number of anilines is 3. The first kappa shape index (κ1) is 13.7. The second kappa shape index (κ2) is 5.51. The zero-order chi connectivity index (χ0) is 14.7. The van der Waals surface area contributed by atoms with Crippen LogP contribution in [0.2, 0.25) is 0 Å². The molecule has 0 radical (unpaired) electrons. The summed E-state index contributed by atoms with van der Waals surface area (Å²) in [5.74, 6) is 0.327. The number of nitro groups is 1. The first-order chi connectivity index (χ1) is 9.52. The number of aryl methyl sites for hydroxylation is 2. The van der Waals surface area contributed by atoms with Crippen molar-refractivity contribution >= 4 is 23.0 Å². The molecule has 2 N–H and O–H groups in total. The Balaban J connectivity index is 2.43. The lowest BCUT2D eigenvalue weighted by Gasteiger charge is -2.08. The highest BCUT2D eigenvalue weighted by molar-refractivity contribution is 5.74. The maximum Gasteiger partial charge on any atom is 0.353 e. The van der Waals surface area contributed by atoms with Crippen molar-refractivity contribution < 1.29 is 4.92 Å². The summed E-state index contributed by atoms with van der Waals surface area (Å²) in [6, 6.07) is 0. The van der Waals surface area contributed by atoms with Crippen LogP contribution in [0.4, 0.5) is 23.0 Å². The molecule has 0 aliphatic rings. The van der Waals surface area contributed by atoms with E-state index in [2.05, 4.69) is 25.7 Å². The van der Waals surface area contributed by atoms with Gasteiger partial charge < -0.3 is 10.6 Å². The average Bonchev–Trinajstić information content (AvgIpc) is 2.68. The van der Waals surface area contributed by atoms with E-state index in [9.17, 15) is 10.1 Å². The molecule has 0 bridgehead atoms. The number of rotatable bonds is 5. The molecule has 0 unspecified atom stereocenters. The predicted molar refractivity (Wildman–Crippen MR) is 74.1 cm³/mol. The number of nitrogens with one attached hydrogen (secondary N) is 2. The summed E-state index contributed by atoms with van der Waals surface area (Å²) < 4.78 is 1.62. The van der Waals surface area contributed by atoms with Gasteiger partial charge in [-0.05, 0) is 13.8 Å².